The molecule has 2 heterocycles. The molecule has 7 nitrogen and oxygen atoms in total. The summed E-state index contributed by atoms with van der Waals surface area (Å²) in [5.41, 5.74) is 2.61. The van der Waals surface area contributed by atoms with Crippen molar-refractivity contribution >= 4 is 21.9 Å². The van der Waals surface area contributed by atoms with Gasteiger partial charge in [-0.05, 0) is 28.8 Å². The number of rotatable bonds is 6. The fraction of sp³-hybridized carbons (Fsp3) is 0.538. The molecule has 21 heavy (non-hydrogen) atoms. The molecule has 2 aromatic heterocycles. The molecule has 0 bridgehead atoms. The average molecular weight is 356 g/mol. The first-order valence-electron chi connectivity index (χ1n) is 6.85. The zero-order valence-corrected chi connectivity index (χ0v) is 13.9. The van der Waals surface area contributed by atoms with E-state index in [0.717, 1.165) is 28.7 Å². The Kier molecular flexibility index (Phi) is 4.76. The summed E-state index contributed by atoms with van der Waals surface area (Å²) in [6.45, 7) is 4.48. The lowest BCUT2D eigenvalue weighted by atomic mass is 10.2. The summed E-state index contributed by atoms with van der Waals surface area (Å²) in [5.74, 6) is -1.04. The van der Waals surface area contributed by atoms with E-state index in [-0.39, 0.29) is 5.69 Å². The second-order valence-corrected chi connectivity index (χ2v) is 5.58. The SMILES string of the molecule is CCCc1c(C(=O)O)nnn1Cc1c(Br)c(CC)nn1C. The molecule has 2 aromatic rings. The van der Waals surface area contributed by atoms with Gasteiger partial charge in [0.25, 0.3) is 0 Å². The molecular weight excluding hydrogens is 338 g/mol. The van der Waals surface area contributed by atoms with E-state index in [4.69, 9.17) is 0 Å². The van der Waals surface area contributed by atoms with Crippen LogP contribution in [-0.4, -0.2) is 35.9 Å². The second-order valence-electron chi connectivity index (χ2n) is 4.78. The molecule has 0 aliphatic carbocycles. The van der Waals surface area contributed by atoms with Crippen LogP contribution in [0.2, 0.25) is 0 Å². The Labute approximate surface area is 131 Å². The van der Waals surface area contributed by atoms with Crippen LogP contribution in [0.15, 0.2) is 4.47 Å². The molecule has 0 saturated carbocycles. The maximum absolute atomic E-state index is 11.2. The van der Waals surface area contributed by atoms with E-state index in [2.05, 4.69) is 31.3 Å². The number of hydrogen-bond acceptors (Lipinski definition) is 4. The van der Waals surface area contributed by atoms with Gasteiger partial charge in [-0.25, -0.2) is 9.48 Å². The van der Waals surface area contributed by atoms with Crippen LogP contribution >= 0.6 is 15.9 Å². The number of carboxylic acids is 1. The Morgan fingerprint density at radius 1 is 1.33 bits per heavy atom. The molecule has 114 valence electrons. The van der Waals surface area contributed by atoms with Gasteiger partial charge in [0, 0.05) is 7.05 Å². The fourth-order valence-electron chi connectivity index (χ4n) is 2.24. The van der Waals surface area contributed by atoms with E-state index in [1.165, 1.54) is 0 Å². The number of halogens is 1. The van der Waals surface area contributed by atoms with Crippen molar-refractivity contribution in [3.05, 3.63) is 27.2 Å². The van der Waals surface area contributed by atoms with Crippen molar-refractivity contribution in [2.45, 2.75) is 39.7 Å². The predicted molar refractivity (Wildman–Crippen MR) is 80.4 cm³/mol. The second kappa shape index (κ2) is 6.38. The Morgan fingerprint density at radius 3 is 2.57 bits per heavy atom. The van der Waals surface area contributed by atoms with Crippen molar-refractivity contribution in [3.8, 4) is 0 Å². The number of aromatic carboxylic acids is 1. The average Bonchev–Trinajstić information content (AvgIpc) is 2.95. The molecule has 2 rings (SSSR count). The first kappa shape index (κ1) is 15.7. The number of nitrogens with zero attached hydrogens (tertiary/aromatic N) is 5. The van der Waals surface area contributed by atoms with Crippen molar-refractivity contribution in [1.29, 1.82) is 0 Å². The highest BCUT2D eigenvalue weighted by Gasteiger charge is 2.20. The normalized spacial score (nSPS) is 11.0. The smallest absolute Gasteiger partial charge is 0.358 e. The molecule has 0 saturated heterocycles. The summed E-state index contributed by atoms with van der Waals surface area (Å²) in [6, 6.07) is 0. The minimum Gasteiger partial charge on any atom is -0.476 e. The van der Waals surface area contributed by atoms with Crippen molar-refractivity contribution in [1.82, 2.24) is 24.8 Å². The van der Waals surface area contributed by atoms with Crippen LogP contribution in [0.1, 0.15) is 47.8 Å². The number of hydrogen-bond donors (Lipinski definition) is 1. The zero-order valence-electron chi connectivity index (χ0n) is 12.3. The van der Waals surface area contributed by atoms with Gasteiger partial charge < -0.3 is 5.11 Å². The van der Waals surface area contributed by atoms with Crippen molar-refractivity contribution in [2.24, 2.45) is 7.05 Å². The Hall–Kier alpha value is -1.70. The van der Waals surface area contributed by atoms with Gasteiger partial charge in [-0.1, -0.05) is 25.5 Å². The zero-order chi connectivity index (χ0) is 15.6. The lowest BCUT2D eigenvalue weighted by molar-refractivity contribution is 0.0689. The molecule has 0 aromatic carbocycles. The third-order valence-electron chi connectivity index (χ3n) is 3.33. The summed E-state index contributed by atoms with van der Waals surface area (Å²) in [4.78, 5) is 11.2. The van der Waals surface area contributed by atoms with Gasteiger partial charge in [0.05, 0.1) is 28.1 Å². The molecule has 1 N–H and O–H groups in total. The summed E-state index contributed by atoms with van der Waals surface area (Å²) in [6.07, 6.45) is 2.29. The summed E-state index contributed by atoms with van der Waals surface area (Å²) in [5, 5.41) is 21.4. The molecule has 0 aliphatic heterocycles. The Balaban J connectivity index is 2.40. The molecular formula is C13H18BrN5O2. The van der Waals surface area contributed by atoms with Gasteiger partial charge in [-0.15, -0.1) is 5.10 Å². The first-order valence-corrected chi connectivity index (χ1v) is 7.64. The third-order valence-corrected chi connectivity index (χ3v) is 4.24. The van der Waals surface area contributed by atoms with E-state index in [0.29, 0.717) is 18.7 Å². The van der Waals surface area contributed by atoms with Crippen LogP contribution in [0, 0.1) is 0 Å². The highest BCUT2D eigenvalue weighted by molar-refractivity contribution is 9.10. The van der Waals surface area contributed by atoms with Crippen molar-refractivity contribution in [2.75, 3.05) is 0 Å². The molecule has 0 amide bonds. The molecule has 0 radical (unpaired) electrons. The van der Waals surface area contributed by atoms with Crippen LogP contribution in [0.5, 0.6) is 0 Å². The number of aryl methyl sites for hydroxylation is 2. The van der Waals surface area contributed by atoms with Crippen molar-refractivity contribution < 1.29 is 9.90 Å². The minimum absolute atomic E-state index is 0.0332. The minimum atomic E-state index is -1.04. The third kappa shape index (κ3) is 2.99. The molecule has 0 fully saturated rings. The molecule has 0 unspecified atom stereocenters. The fourth-order valence-corrected chi connectivity index (χ4v) is 2.99. The standard InChI is InChI=1S/C13H18BrN5O2/c1-4-6-9-12(13(20)21)15-17-19(9)7-10-11(14)8(5-2)16-18(10)3/h4-7H2,1-3H3,(H,20,21). The quantitative estimate of drug-likeness (QED) is 0.856. The highest BCUT2D eigenvalue weighted by Crippen LogP contribution is 2.23. The highest BCUT2D eigenvalue weighted by atomic mass is 79.9. The summed E-state index contributed by atoms with van der Waals surface area (Å²) >= 11 is 3.56. The monoisotopic (exact) mass is 355 g/mol. The predicted octanol–water partition coefficient (Wildman–Crippen LogP) is 2.04. The van der Waals surface area contributed by atoms with Crippen LogP contribution in [-0.2, 0) is 26.4 Å². The Morgan fingerprint density at radius 2 is 2.05 bits per heavy atom. The number of carbonyl (C=O) groups is 1. The van der Waals surface area contributed by atoms with Crippen LogP contribution in [0.4, 0.5) is 0 Å². The maximum Gasteiger partial charge on any atom is 0.358 e. The van der Waals surface area contributed by atoms with Gasteiger partial charge in [-0.2, -0.15) is 5.10 Å². The van der Waals surface area contributed by atoms with Crippen LogP contribution in [0.25, 0.3) is 0 Å². The Bertz CT molecular complexity index is 662. The van der Waals surface area contributed by atoms with E-state index < -0.39 is 5.97 Å². The van der Waals surface area contributed by atoms with Crippen molar-refractivity contribution in [3.63, 3.8) is 0 Å². The van der Waals surface area contributed by atoms with Gasteiger partial charge in [0.15, 0.2) is 5.69 Å². The van der Waals surface area contributed by atoms with E-state index in [1.807, 2.05) is 20.9 Å². The van der Waals surface area contributed by atoms with Crippen LogP contribution in [0.3, 0.4) is 0 Å². The molecule has 0 spiro atoms. The largest absolute Gasteiger partial charge is 0.476 e. The van der Waals surface area contributed by atoms with E-state index in [1.54, 1.807) is 9.36 Å². The number of aromatic nitrogens is 5. The summed E-state index contributed by atoms with van der Waals surface area (Å²) < 4.78 is 4.39. The topological polar surface area (TPSA) is 85.8 Å². The maximum atomic E-state index is 11.2. The first-order chi connectivity index (χ1) is 9.99. The van der Waals surface area contributed by atoms with Gasteiger partial charge in [-0.3, -0.25) is 4.68 Å². The van der Waals surface area contributed by atoms with Crippen LogP contribution < -0.4 is 0 Å². The van der Waals surface area contributed by atoms with E-state index in [9.17, 15) is 9.90 Å². The molecule has 0 aliphatic rings. The molecule has 8 heteroatoms. The lowest BCUT2D eigenvalue weighted by Gasteiger charge is -2.07. The molecule has 0 atom stereocenters. The van der Waals surface area contributed by atoms with Gasteiger partial charge in [0.1, 0.15) is 0 Å². The van der Waals surface area contributed by atoms with E-state index >= 15 is 0 Å². The van der Waals surface area contributed by atoms with Gasteiger partial charge >= 0.3 is 5.97 Å². The van der Waals surface area contributed by atoms with Gasteiger partial charge in [0.2, 0.25) is 0 Å². The number of carboxylic acid groups (broad SMARTS) is 1. The summed E-state index contributed by atoms with van der Waals surface area (Å²) in [7, 11) is 1.87. The lowest BCUT2D eigenvalue weighted by Crippen LogP contribution is -2.12.